The lowest BCUT2D eigenvalue weighted by Gasteiger charge is -2.38. The van der Waals surface area contributed by atoms with Crippen LogP contribution in [0.2, 0.25) is 0 Å². The normalized spacial score (nSPS) is 18.9. The van der Waals surface area contributed by atoms with Crippen molar-refractivity contribution in [2.45, 2.75) is 32.7 Å². The van der Waals surface area contributed by atoms with E-state index in [4.69, 9.17) is 0 Å². The number of carbonyl (C=O) groups is 2. The number of hydrogen-bond acceptors (Lipinski definition) is 3. The lowest BCUT2D eigenvalue weighted by molar-refractivity contribution is -0.117. The minimum atomic E-state index is 0.0566. The molecule has 0 saturated carbocycles. The van der Waals surface area contributed by atoms with E-state index in [9.17, 15) is 9.59 Å². The Morgan fingerprint density at radius 3 is 2.34 bits per heavy atom. The van der Waals surface area contributed by atoms with Crippen LogP contribution in [0.5, 0.6) is 0 Å². The van der Waals surface area contributed by atoms with E-state index >= 15 is 0 Å². The first-order chi connectivity index (χ1) is 14.0. The van der Waals surface area contributed by atoms with Crippen molar-refractivity contribution in [1.82, 2.24) is 9.80 Å². The number of benzene rings is 2. The third-order valence-electron chi connectivity index (χ3n) is 6.19. The molecule has 0 unspecified atom stereocenters. The quantitative estimate of drug-likeness (QED) is 0.799. The van der Waals surface area contributed by atoms with Crippen molar-refractivity contribution in [3.63, 3.8) is 0 Å². The molecule has 0 spiro atoms. The fraction of sp³-hybridized carbons (Fsp3) is 0.417. The Balaban J connectivity index is 1.39. The van der Waals surface area contributed by atoms with Crippen molar-refractivity contribution in [2.75, 3.05) is 37.6 Å². The Morgan fingerprint density at radius 1 is 0.966 bits per heavy atom. The van der Waals surface area contributed by atoms with Gasteiger partial charge in [0, 0.05) is 56.4 Å². The number of anilines is 1. The van der Waals surface area contributed by atoms with Gasteiger partial charge in [0.05, 0.1) is 0 Å². The largest absolute Gasteiger partial charge is 0.336 e. The second-order valence-corrected chi connectivity index (χ2v) is 8.11. The van der Waals surface area contributed by atoms with Gasteiger partial charge in [0.2, 0.25) is 5.91 Å². The van der Waals surface area contributed by atoms with Gasteiger partial charge < -0.3 is 9.80 Å². The summed E-state index contributed by atoms with van der Waals surface area (Å²) < 4.78 is 0. The minimum absolute atomic E-state index is 0.0566. The molecule has 2 aliphatic heterocycles. The molecular weight excluding hydrogens is 362 g/mol. The summed E-state index contributed by atoms with van der Waals surface area (Å²) in [7, 11) is 0. The maximum atomic E-state index is 13.0. The molecule has 0 bridgehead atoms. The molecule has 0 N–H and O–H groups in total. The van der Waals surface area contributed by atoms with Gasteiger partial charge in [-0.3, -0.25) is 14.5 Å². The summed E-state index contributed by atoms with van der Waals surface area (Å²) in [6.07, 6.45) is 1.48. The Kier molecular flexibility index (Phi) is 5.67. The van der Waals surface area contributed by atoms with Crippen LogP contribution in [-0.2, 0) is 4.79 Å². The molecule has 5 nitrogen and oxygen atoms in total. The van der Waals surface area contributed by atoms with Gasteiger partial charge >= 0.3 is 0 Å². The molecule has 1 atom stereocenters. The molecule has 0 aromatic heterocycles. The van der Waals surface area contributed by atoms with Gasteiger partial charge in [0.15, 0.2) is 0 Å². The van der Waals surface area contributed by atoms with Crippen molar-refractivity contribution >= 4 is 17.5 Å². The number of hydrogen-bond donors (Lipinski definition) is 0. The van der Waals surface area contributed by atoms with Gasteiger partial charge in [-0.15, -0.1) is 0 Å². The summed E-state index contributed by atoms with van der Waals surface area (Å²) in [5.74, 6) is 0.203. The van der Waals surface area contributed by atoms with E-state index in [-0.39, 0.29) is 11.8 Å². The Morgan fingerprint density at radius 2 is 1.69 bits per heavy atom. The molecule has 4 rings (SSSR count). The van der Waals surface area contributed by atoms with Gasteiger partial charge in [-0.25, -0.2) is 0 Å². The minimum Gasteiger partial charge on any atom is -0.336 e. The van der Waals surface area contributed by atoms with E-state index in [1.807, 2.05) is 29.2 Å². The monoisotopic (exact) mass is 391 g/mol. The van der Waals surface area contributed by atoms with Crippen LogP contribution in [-0.4, -0.2) is 54.3 Å². The maximum Gasteiger partial charge on any atom is 0.254 e. The Bertz CT molecular complexity index is 885. The fourth-order valence-corrected chi connectivity index (χ4v) is 4.28. The van der Waals surface area contributed by atoms with Crippen LogP contribution in [0.1, 0.15) is 47.3 Å². The lowest BCUT2D eigenvalue weighted by Crippen LogP contribution is -2.49. The smallest absolute Gasteiger partial charge is 0.254 e. The van der Waals surface area contributed by atoms with Crippen LogP contribution < -0.4 is 4.90 Å². The highest BCUT2D eigenvalue weighted by molar-refractivity contribution is 5.99. The van der Waals surface area contributed by atoms with Crippen LogP contribution in [0.3, 0.4) is 0 Å². The molecule has 2 saturated heterocycles. The Labute approximate surface area is 172 Å². The SMILES string of the molecule is Cc1ccc([C@@H](C)N2CCN(C(=O)c3cccc(N4CCCC4=O)c3)CC2)cc1. The van der Waals surface area contributed by atoms with E-state index in [0.29, 0.717) is 18.0 Å². The topological polar surface area (TPSA) is 43.9 Å². The van der Waals surface area contributed by atoms with Gasteiger partial charge in [0.1, 0.15) is 0 Å². The second kappa shape index (κ2) is 8.37. The summed E-state index contributed by atoms with van der Waals surface area (Å²) in [4.78, 5) is 31.2. The van der Waals surface area contributed by atoms with Crippen molar-refractivity contribution in [2.24, 2.45) is 0 Å². The summed E-state index contributed by atoms with van der Waals surface area (Å²) in [5, 5.41) is 0. The molecule has 29 heavy (non-hydrogen) atoms. The maximum absolute atomic E-state index is 13.0. The Hall–Kier alpha value is -2.66. The van der Waals surface area contributed by atoms with Crippen LogP contribution in [0.15, 0.2) is 48.5 Å². The summed E-state index contributed by atoms with van der Waals surface area (Å²) >= 11 is 0. The molecule has 0 radical (unpaired) electrons. The predicted molar refractivity (Wildman–Crippen MR) is 115 cm³/mol. The zero-order valence-corrected chi connectivity index (χ0v) is 17.3. The first-order valence-electron chi connectivity index (χ1n) is 10.5. The van der Waals surface area contributed by atoms with E-state index in [0.717, 1.165) is 44.8 Å². The van der Waals surface area contributed by atoms with Crippen LogP contribution in [0.4, 0.5) is 5.69 Å². The molecule has 5 heteroatoms. The number of piperazine rings is 1. The number of rotatable bonds is 4. The van der Waals surface area contributed by atoms with Crippen LogP contribution >= 0.6 is 0 Å². The second-order valence-electron chi connectivity index (χ2n) is 8.11. The predicted octanol–water partition coefficient (Wildman–Crippen LogP) is 3.64. The number of nitrogens with zero attached hydrogens (tertiary/aromatic N) is 3. The third-order valence-corrected chi connectivity index (χ3v) is 6.19. The molecule has 152 valence electrons. The molecule has 2 fully saturated rings. The summed E-state index contributed by atoms with van der Waals surface area (Å²) in [6, 6.07) is 16.6. The third kappa shape index (κ3) is 4.20. The first kappa shape index (κ1) is 19.6. The standard InChI is InChI=1S/C24H29N3O2/c1-18-8-10-20(11-9-18)19(2)25-13-15-26(16-14-25)24(29)21-5-3-6-22(17-21)27-12-4-7-23(27)28/h3,5-6,8-11,17,19H,4,7,12-16H2,1-2H3/t19-/m1/s1. The molecule has 0 aliphatic carbocycles. The van der Waals surface area contributed by atoms with Crippen molar-refractivity contribution in [3.05, 3.63) is 65.2 Å². The molecule has 2 aromatic carbocycles. The lowest BCUT2D eigenvalue weighted by atomic mass is 10.0. The van der Waals surface area contributed by atoms with Crippen molar-refractivity contribution in [3.8, 4) is 0 Å². The highest BCUT2D eigenvalue weighted by Gasteiger charge is 2.27. The number of amides is 2. The molecule has 2 aromatic rings. The average molecular weight is 392 g/mol. The number of aryl methyl sites for hydroxylation is 1. The van der Waals surface area contributed by atoms with Crippen molar-refractivity contribution < 1.29 is 9.59 Å². The van der Waals surface area contributed by atoms with Crippen LogP contribution in [0, 0.1) is 6.92 Å². The van der Waals surface area contributed by atoms with Gasteiger partial charge in [0.25, 0.3) is 5.91 Å². The van der Waals surface area contributed by atoms with E-state index < -0.39 is 0 Å². The van der Waals surface area contributed by atoms with Crippen LogP contribution in [0.25, 0.3) is 0 Å². The van der Waals surface area contributed by atoms with E-state index in [1.54, 1.807) is 4.90 Å². The first-order valence-corrected chi connectivity index (χ1v) is 10.5. The zero-order valence-electron chi connectivity index (χ0n) is 17.3. The van der Waals surface area contributed by atoms with Gasteiger partial charge in [-0.05, 0) is 44.0 Å². The molecular formula is C24H29N3O2. The highest BCUT2D eigenvalue weighted by atomic mass is 16.2. The van der Waals surface area contributed by atoms with E-state index in [2.05, 4.69) is 43.0 Å². The molecule has 2 aliphatic rings. The highest BCUT2D eigenvalue weighted by Crippen LogP contribution is 2.25. The van der Waals surface area contributed by atoms with E-state index in [1.165, 1.54) is 11.1 Å². The zero-order chi connectivity index (χ0) is 20.4. The van der Waals surface area contributed by atoms with Crippen molar-refractivity contribution in [1.29, 1.82) is 0 Å². The van der Waals surface area contributed by atoms with Gasteiger partial charge in [-0.1, -0.05) is 35.9 Å². The number of carbonyl (C=O) groups excluding carboxylic acids is 2. The summed E-state index contributed by atoms with van der Waals surface area (Å²) in [6.45, 7) is 8.26. The fourth-order valence-electron chi connectivity index (χ4n) is 4.28. The summed E-state index contributed by atoms with van der Waals surface area (Å²) in [5.41, 5.74) is 4.10. The molecule has 2 heterocycles. The van der Waals surface area contributed by atoms with Gasteiger partial charge in [-0.2, -0.15) is 0 Å². The molecule has 2 amide bonds. The average Bonchev–Trinajstić information content (AvgIpc) is 3.19.